The molecule has 0 spiro atoms. The molecular formula is C25H29N3O2. The fourth-order valence-electron chi connectivity index (χ4n) is 4.49. The van der Waals surface area contributed by atoms with Crippen molar-refractivity contribution in [2.24, 2.45) is 0 Å². The molecule has 1 heterocycles. The highest BCUT2D eigenvalue weighted by Gasteiger charge is 2.48. The van der Waals surface area contributed by atoms with Crippen LogP contribution in [0.3, 0.4) is 0 Å². The van der Waals surface area contributed by atoms with Crippen LogP contribution in [0.5, 0.6) is 0 Å². The normalized spacial score (nSPS) is 14.7. The maximum Gasteiger partial charge on any atom is 0.243 e. The Balaban J connectivity index is 1.56. The van der Waals surface area contributed by atoms with Gasteiger partial charge in [0.2, 0.25) is 5.91 Å². The number of rotatable bonds is 7. The summed E-state index contributed by atoms with van der Waals surface area (Å²) in [5.74, 6) is 0.837. The predicted octanol–water partition coefficient (Wildman–Crippen LogP) is 3.65. The van der Waals surface area contributed by atoms with Crippen LogP contribution in [0, 0.1) is 6.92 Å². The van der Waals surface area contributed by atoms with Crippen LogP contribution in [0.15, 0.2) is 65.2 Å². The molecule has 0 radical (unpaired) electrons. The van der Waals surface area contributed by atoms with Gasteiger partial charge in [0.1, 0.15) is 5.54 Å². The van der Waals surface area contributed by atoms with Crippen LogP contribution < -0.4 is 0 Å². The molecular weight excluding hydrogens is 374 g/mol. The minimum Gasteiger partial charge on any atom is -0.359 e. The van der Waals surface area contributed by atoms with Crippen molar-refractivity contribution in [3.05, 3.63) is 88.8 Å². The average molecular weight is 404 g/mol. The smallest absolute Gasteiger partial charge is 0.243 e. The highest BCUT2D eigenvalue weighted by molar-refractivity contribution is 5.88. The molecule has 1 aromatic heterocycles. The van der Waals surface area contributed by atoms with Crippen molar-refractivity contribution >= 4 is 5.91 Å². The van der Waals surface area contributed by atoms with E-state index in [0.717, 1.165) is 31.5 Å². The first-order valence-corrected chi connectivity index (χ1v) is 10.5. The first-order valence-electron chi connectivity index (χ1n) is 10.5. The van der Waals surface area contributed by atoms with E-state index in [0.29, 0.717) is 12.3 Å². The molecule has 0 unspecified atom stereocenters. The zero-order valence-corrected chi connectivity index (χ0v) is 18.0. The van der Waals surface area contributed by atoms with E-state index in [1.54, 1.807) is 4.90 Å². The number of carbonyl (C=O) groups is 1. The van der Waals surface area contributed by atoms with Gasteiger partial charge >= 0.3 is 0 Å². The number of amides is 1. The quantitative estimate of drug-likeness (QED) is 0.604. The summed E-state index contributed by atoms with van der Waals surface area (Å²) in [6, 6.07) is 20.8. The van der Waals surface area contributed by atoms with Gasteiger partial charge in [-0.1, -0.05) is 59.8 Å². The molecule has 0 aliphatic heterocycles. The van der Waals surface area contributed by atoms with Crippen LogP contribution in [-0.2, 0) is 30.6 Å². The topological polar surface area (TPSA) is 49.6 Å². The van der Waals surface area contributed by atoms with Gasteiger partial charge in [-0.2, -0.15) is 0 Å². The molecule has 0 atom stereocenters. The zero-order valence-electron chi connectivity index (χ0n) is 18.0. The number of likely N-dealkylation sites (N-methyl/N-ethyl adjacent to an activating group) is 2. The van der Waals surface area contributed by atoms with Gasteiger partial charge in [0.25, 0.3) is 0 Å². The van der Waals surface area contributed by atoms with E-state index in [1.165, 1.54) is 16.7 Å². The lowest BCUT2D eigenvalue weighted by Gasteiger charge is -2.40. The molecule has 0 bridgehead atoms. The SMILES string of the molecule is Cc1cc(CN(C)C(=O)C2(N(C)CCc3ccccc3)Cc3ccccc3C2)on1. The van der Waals surface area contributed by atoms with Crippen molar-refractivity contribution < 1.29 is 9.32 Å². The van der Waals surface area contributed by atoms with Crippen LogP contribution in [0.2, 0.25) is 0 Å². The number of aryl methyl sites for hydroxylation is 1. The van der Waals surface area contributed by atoms with E-state index in [-0.39, 0.29) is 5.91 Å². The third kappa shape index (κ3) is 4.03. The number of nitrogens with zero attached hydrogens (tertiary/aromatic N) is 3. The number of hydrogen-bond acceptors (Lipinski definition) is 4. The molecule has 0 saturated carbocycles. The molecule has 0 N–H and O–H groups in total. The van der Waals surface area contributed by atoms with Gasteiger partial charge < -0.3 is 9.42 Å². The second-order valence-corrected chi connectivity index (χ2v) is 8.41. The number of fused-ring (bicyclic) bond motifs is 1. The summed E-state index contributed by atoms with van der Waals surface area (Å²) in [4.78, 5) is 17.9. The van der Waals surface area contributed by atoms with Gasteiger partial charge in [0.05, 0.1) is 12.2 Å². The summed E-state index contributed by atoms with van der Waals surface area (Å²) < 4.78 is 5.35. The number of hydrogen-bond donors (Lipinski definition) is 0. The van der Waals surface area contributed by atoms with Gasteiger partial charge in [0.15, 0.2) is 5.76 Å². The Kier molecular flexibility index (Phi) is 5.73. The van der Waals surface area contributed by atoms with Crippen molar-refractivity contribution in [3.63, 3.8) is 0 Å². The van der Waals surface area contributed by atoms with Crippen molar-refractivity contribution in [2.45, 2.75) is 38.3 Å². The maximum atomic E-state index is 13.8. The molecule has 5 nitrogen and oxygen atoms in total. The first kappa shape index (κ1) is 20.4. The number of aromatic nitrogens is 1. The third-order valence-corrected chi connectivity index (χ3v) is 6.21. The van der Waals surface area contributed by atoms with Crippen LogP contribution in [0.1, 0.15) is 28.1 Å². The summed E-state index contributed by atoms with van der Waals surface area (Å²) in [5, 5.41) is 3.95. The fourth-order valence-corrected chi connectivity index (χ4v) is 4.49. The molecule has 2 aromatic carbocycles. The Morgan fingerprint density at radius 2 is 1.67 bits per heavy atom. The first-order chi connectivity index (χ1) is 14.5. The van der Waals surface area contributed by atoms with Gasteiger partial charge in [0, 0.05) is 32.5 Å². The van der Waals surface area contributed by atoms with Crippen molar-refractivity contribution in [1.29, 1.82) is 0 Å². The van der Waals surface area contributed by atoms with E-state index in [2.05, 4.69) is 65.6 Å². The van der Waals surface area contributed by atoms with Crippen LogP contribution in [0.4, 0.5) is 0 Å². The van der Waals surface area contributed by atoms with Crippen LogP contribution >= 0.6 is 0 Å². The van der Waals surface area contributed by atoms with Gasteiger partial charge in [-0.15, -0.1) is 0 Å². The van der Waals surface area contributed by atoms with Gasteiger partial charge in [-0.3, -0.25) is 9.69 Å². The highest BCUT2D eigenvalue weighted by Crippen LogP contribution is 2.36. The minimum atomic E-state index is -0.581. The standard InChI is InChI=1S/C25H29N3O2/c1-19-15-23(30-26-19)18-27(2)24(29)25(16-21-11-7-8-12-22(21)17-25)28(3)14-13-20-9-5-4-6-10-20/h4-12,15H,13-14,16-18H2,1-3H3. The summed E-state index contributed by atoms with van der Waals surface area (Å²) in [5.41, 5.74) is 4.06. The van der Waals surface area contributed by atoms with Gasteiger partial charge in [-0.05, 0) is 37.1 Å². The lowest BCUT2D eigenvalue weighted by atomic mass is 9.91. The largest absolute Gasteiger partial charge is 0.359 e. The second kappa shape index (κ2) is 8.44. The Morgan fingerprint density at radius 1 is 1.03 bits per heavy atom. The molecule has 156 valence electrons. The Bertz CT molecular complexity index is 987. The monoisotopic (exact) mass is 403 g/mol. The third-order valence-electron chi connectivity index (χ3n) is 6.21. The van der Waals surface area contributed by atoms with Crippen LogP contribution in [-0.4, -0.2) is 47.0 Å². The fraction of sp³-hybridized carbons (Fsp3) is 0.360. The molecule has 5 heteroatoms. The molecule has 30 heavy (non-hydrogen) atoms. The van der Waals surface area contributed by atoms with Crippen molar-refractivity contribution in [1.82, 2.24) is 15.0 Å². The Labute approximate surface area is 178 Å². The van der Waals surface area contributed by atoms with E-state index in [4.69, 9.17) is 4.52 Å². The van der Waals surface area contributed by atoms with E-state index in [9.17, 15) is 4.79 Å². The predicted molar refractivity (Wildman–Crippen MR) is 117 cm³/mol. The average Bonchev–Trinajstić information content (AvgIpc) is 3.36. The van der Waals surface area contributed by atoms with E-state index >= 15 is 0 Å². The highest BCUT2D eigenvalue weighted by atomic mass is 16.5. The lowest BCUT2D eigenvalue weighted by molar-refractivity contribution is -0.143. The summed E-state index contributed by atoms with van der Waals surface area (Å²) in [7, 11) is 3.94. The van der Waals surface area contributed by atoms with Crippen LogP contribution in [0.25, 0.3) is 0 Å². The Hall–Kier alpha value is -2.92. The molecule has 1 aliphatic carbocycles. The zero-order chi connectivity index (χ0) is 21.1. The maximum absolute atomic E-state index is 13.8. The summed E-state index contributed by atoms with van der Waals surface area (Å²) in [6.07, 6.45) is 2.37. The number of benzene rings is 2. The molecule has 0 saturated heterocycles. The molecule has 1 amide bonds. The van der Waals surface area contributed by atoms with Gasteiger partial charge in [-0.25, -0.2) is 0 Å². The number of carbonyl (C=O) groups excluding carboxylic acids is 1. The molecule has 1 aliphatic rings. The molecule has 0 fully saturated rings. The summed E-state index contributed by atoms with van der Waals surface area (Å²) >= 11 is 0. The minimum absolute atomic E-state index is 0.128. The Morgan fingerprint density at radius 3 is 2.27 bits per heavy atom. The van der Waals surface area contributed by atoms with Crippen molar-refractivity contribution in [3.8, 4) is 0 Å². The van der Waals surface area contributed by atoms with E-state index in [1.807, 2.05) is 26.1 Å². The van der Waals surface area contributed by atoms with E-state index < -0.39 is 5.54 Å². The molecule has 4 rings (SSSR count). The van der Waals surface area contributed by atoms with Crippen molar-refractivity contribution in [2.75, 3.05) is 20.6 Å². The lowest BCUT2D eigenvalue weighted by Crippen LogP contribution is -2.59. The molecule has 3 aromatic rings. The second-order valence-electron chi connectivity index (χ2n) is 8.41. The summed E-state index contributed by atoms with van der Waals surface area (Å²) in [6.45, 7) is 3.13.